The van der Waals surface area contributed by atoms with Gasteiger partial charge in [0.2, 0.25) is 0 Å². The summed E-state index contributed by atoms with van der Waals surface area (Å²) in [4.78, 5) is 26.5. The van der Waals surface area contributed by atoms with E-state index in [1.165, 1.54) is 11.0 Å². The third-order valence-electron chi connectivity index (χ3n) is 4.57. The van der Waals surface area contributed by atoms with Crippen LogP contribution in [0.5, 0.6) is 11.5 Å². The molecule has 0 N–H and O–H groups in total. The average Bonchev–Trinajstić information content (AvgIpc) is 3.00. The van der Waals surface area contributed by atoms with E-state index in [1.54, 1.807) is 30.3 Å². The van der Waals surface area contributed by atoms with Crippen LogP contribution in [0, 0.1) is 9.39 Å². The van der Waals surface area contributed by atoms with E-state index in [0.717, 1.165) is 33.7 Å². The molecular weight excluding hydrogens is 532 g/mol. The number of rotatable bonds is 9. The molecule has 2 aromatic carbocycles. The highest BCUT2D eigenvalue weighted by atomic mass is 127. The number of carbonyl (C=O) groups is 2. The van der Waals surface area contributed by atoms with Crippen molar-refractivity contribution >= 4 is 51.6 Å². The fourth-order valence-corrected chi connectivity index (χ4v) is 4.65. The zero-order valence-electron chi connectivity index (χ0n) is 17.3. The van der Waals surface area contributed by atoms with Crippen molar-refractivity contribution in [3.05, 3.63) is 61.8 Å². The SMILES string of the molecule is CCCCN1C(=O)S/C(=C\c2cc(I)c(OCc3ccccc3F)c(OCC)c2)C1=O. The van der Waals surface area contributed by atoms with Crippen LogP contribution in [0.2, 0.25) is 0 Å². The zero-order valence-corrected chi connectivity index (χ0v) is 20.3. The van der Waals surface area contributed by atoms with Crippen LogP contribution in [0.25, 0.3) is 6.08 Å². The Morgan fingerprint density at radius 2 is 1.94 bits per heavy atom. The highest BCUT2D eigenvalue weighted by Crippen LogP contribution is 2.38. The predicted octanol–water partition coefficient (Wildman–Crippen LogP) is 6.24. The maximum absolute atomic E-state index is 13.9. The third-order valence-corrected chi connectivity index (χ3v) is 6.28. The first kappa shape index (κ1) is 23.6. The lowest BCUT2D eigenvalue weighted by atomic mass is 10.1. The average molecular weight is 555 g/mol. The normalized spacial score (nSPS) is 15.1. The fraction of sp³-hybridized carbons (Fsp3) is 0.304. The van der Waals surface area contributed by atoms with Gasteiger partial charge in [0.05, 0.1) is 15.1 Å². The topological polar surface area (TPSA) is 55.8 Å². The van der Waals surface area contributed by atoms with Gasteiger partial charge in [-0.25, -0.2) is 4.39 Å². The van der Waals surface area contributed by atoms with Gasteiger partial charge in [0.1, 0.15) is 12.4 Å². The molecule has 31 heavy (non-hydrogen) atoms. The summed E-state index contributed by atoms with van der Waals surface area (Å²) < 4.78 is 26.3. The number of imide groups is 1. The molecule has 0 spiro atoms. The minimum Gasteiger partial charge on any atom is -0.490 e. The van der Waals surface area contributed by atoms with Crippen LogP contribution in [0.15, 0.2) is 41.3 Å². The molecule has 8 heteroatoms. The number of hydrogen-bond acceptors (Lipinski definition) is 5. The molecule has 5 nitrogen and oxygen atoms in total. The van der Waals surface area contributed by atoms with Crippen molar-refractivity contribution < 1.29 is 23.5 Å². The second-order valence-corrected chi connectivity index (χ2v) is 8.99. The number of amides is 2. The lowest BCUT2D eigenvalue weighted by Crippen LogP contribution is -2.29. The fourth-order valence-electron chi connectivity index (χ4n) is 3.00. The summed E-state index contributed by atoms with van der Waals surface area (Å²) in [6.07, 6.45) is 3.39. The number of benzene rings is 2. The molecule has 0 aliphatic carbocycles. The van der Waals surface area contributed by atoms with E-state index in [1.807, 2.05) is 19.9 Å². The van der Waals surface area contributed by atoms with E-state index in [9.17, 15) is 14.0 Å². The molecular formula is C23H23FINO4S. The summed E-state index contributed by atoms with van der Waals surface area (Å²) in [5.41, 5.74) is 1.18. The number of hydrogen-bond donors (Lipinski definition) is 0. The van der Waals surface area contributed by atoms with Gasteiger partial charge in [-0.05, 0) is 77.5 Å². The van der Waals surface area contributed by atoms with Gasteiger partial charge in [-0.15, -0.1) is 0 Å². The van der Waals surface area contributed by atoms with Crippen molar-refractivity contribution in [2.24, 2.45) is 0 Å². The Bertz CT molecular complexity index is 1010. The predicted molar refractivity (Wildman–Crippen MR) is 129 cm³/mol. The van der Waals surface area contributed by atoms with E-state index in [-0.39, 0.29) is 23.6 Å². The highest BCUT2D eigenvalue weighted by Gasteiger charge is 2.34. The molecule has 164 valence electrons. The first-order chi connectivity index (χ1) is 14.9. The summed E-state index contributed by atoms with van der Waals surface area (Å²) in [5, 5.41) is -0.241. The van der Waals surface area contributed by atoms with Gasteiger partial charge in [0.15, 0.2) is 11.5 Å². The molecule has 1 saturated heterocycles. The van der Waals surface area contributed by atoms with Crippen molar-refractivity contribution in [3.8, 4) is 11.5 Å². The summed E-state index contributed by atoms with van der Waals surface area (Å²) in [6.45, 7) is 4.80. The van der Waals surface area contributed by atoms with E-state index in [4.69, 9.17) is 9.47 Å². The van der Waals surface area contributed by atoms with Crippen LogP contribution in [-0.2, 0) is 11.4 Å². The lowest BCUT2D eigenvalue weighted by Gasteiger charge is -2.15. The highest BCUT2D eigenvalue weighted by molar-refractivity contribution is 14.1. The minimum absolute atomic E-state index is 0.0679. The Kier molecular flexibility index (Phi) is 8.36. The molecule has 0 bridgehead atoms. The molecule has 1 fully saturated rings. The molecule has 1 aliphatic rings. The second kappa shape index (κ2) is 11.0. The number of ether oxygens (including phenoxy) is 2. The monoisotopic (exact) mass is 555 g/mol. The molecule has 2 amide bonds. The molecule has 0 saturated carbocycles. The number of nitrogens with zero attached hydrogens (tertiary/aromatic N) is 1. The van der Waals surface area contributed by atoms with Crippen molar-refractivity contribution in [2.75, 3.05) is 13.2 Å². The number of halogens is 2. The number of thioether (sulfide) groups is 1. The standard InChI is InChI=1S/C23H23FINO4S/c1-3-5-10-26-22(27)20(31-23(26)28)13-15-11-18(25)21(19(12-15)29-4-2)30-14-16-8-6-7-9-17(16)24/h6-9,11-13H,3-5,10,14H2,1-2H3/b20-13-. The molecule has 0 aromatic heterocycles. The first-order valence-electron chi connectivity index (χ1n) is 10.0. The van der Waals surface area contributed by atoms with E-state index < -0.39 is 0 Å². The van der Waals surface area contributed by atoms with Crippen molar-refractivity contribution in [3.63, 3.8) is 0 Å². The Labute approximate surface area is 199 Å². The molecule has 3 rings (SSSR count). The summed E-state index contributed by atoms with van der Waals surface area (Å²) >= 11 is 3.07. The Hall–Kier alpha value is -2.07. The number of unbranched alkanes of at least 4 members (excludes halogenated alkanes) is 1. The quantitative estimate of drug-likeness (QED) is 0.271. The Morgan fingerprint density at radius 3 is 2.65 bits per heavy atom. The minimum atomic E-state index is -0.328. The molecule has 0 unspecified atom stereocenters. The maximum atomic E-state index is 13.9. The van der Waals surface area contributed by atoms with Crippen molar-refractivity contribution in [2.45, 2.75) is 33.3 Å². The van der Waals surface area contributed by atoms with Crippen LogP contribution in [0.3, 0.4) is 0 Å². The maximum Gasteiger partial charge on any atom is 0.293 e. The summed E-state index contributed by atoms with van der Waals surface area (Å²) in [7, 11) is 0. The van der Waals surface area contributed by atoms with E-state index in [2.05, 4.69) is 22.6 Å². The van der Waals surface area contributed by atoms with Crippen LogP contribution in [-0.4, -0.2) is 29.2 Å². The van der Waals surface area contributed by atoms with E-state index >= 15 is 0 Å². The third kappa shape index (κ3) is 5.79. The van der Waals surface area contributed by atoms with Gasteiger partial charge < -0.3 is 9.47 Å². The van der Waals surface area contributed by atoms with Gasteiger partial charge in [-0.3, -0.25) is 14.5 Å². The molecule has 0 atom stereocenters. The van der Waals surface area contributed by atoms with Crippen LogP contribution >= 0.6 is 34.4 Å². The Morgan fingerprint density at radius 1 is 1.16 bits per heavy atom. The molecule has 1 heterocycles. The number of carbonyl (C=O) groups excluding carboxylic acids is 2. The van der Waals surface area contributed by atoms with Gasteiger partial charge in [0.25, 0.3) is 11.1 Å². The van der Waals surface area contributed by atoms with Crippen LogP contribution in [0.1, 0.15) is 37.8 Å². The Balaban J connectivity index is 1.84. The lowest BCUT2D eigenvalue weighted by molar-refractivity contribution is -0.122. The van der Waals surface area contributed by atoms with Crippen LogP contribution < -0.4 is 9.47 Å². The summed E-state index contributed by atoms with van der Waals surface area (Å²) in [6, 6.07) is 10.1. The van der Waals surface area contributed by atoms with Gasteiger partial charge in [-0.2, -0.15) is 0 Å². The summed E-state index contributed by atoms with van der Waals surface area (Å²) in [5.74, 6) is 0.420. The smallest absolute Gasteiger partial charge is 0.293 e. The van der Waals surface area contributed by atoms with Crippen molar-refractivity contribution in [1.29, 1.82) is 0 Å². The van der Waals surface area contributed by atoms with E-state index in [0.29, 0.717) is 35.1 Å². The zero-order chi connectivity index (χ0) is 22.4. The largest absolute Gasteiger partial charge is 0.490 e. The van der Waals surface area contributed by atoms with Crippen molar-refractivity contribution in [1.82, 2.24) is 4.90 Å². The van der Waals surface area contributed by atoms with Gasteiger partial charge >= 0.3 is 0 Å². The molecule has 1 aliphatic heterocycles. The molecule has 2 aromatic rings. The second-order valence-electron chi connectivity index (χ2n) is 6.83. The van der Waals surface area contributed by atoms with Gasteiger partial charge in [0, 0.05) is 12.1 Å². The first-order valence-corrected chi connectivity index (χ1v) is 11.9. The van der Waals surface area contributed by atoms with Crippen LogP contribution in [0.4, 0.5) is 9.18 Å². The molecule has 0 radical (unpaired) electrons. The van der Waals surface area contributed by atoms with Gasteiger partial charge in [-0.1, -0.05) is 31.5 Å².